The van der Waals surface area contributed by atoms with Crippen molar-refractivity contribution >= 4 is 34.4 Å². The minimum Gasteiger partial charge on any atom is -0.458 e. The first-order chi connectivity index (χ1) is 18.5. The molecule has 0 radical (unpaired) electrons. The molecule has 12 heteroatoms. The summed E-state index contributed by atoms with van der Waals surface area (Å²) in [5, 5.41) is 4.10. The van der Waals surface area contributed by atoms with Crippen LogP contribution in [-0.4, -0.2) is 26.6 Å². The second-order valence-corrected chi connectivity index (χ2v) is 8.76. The molecule has 198 valence electrons. The van der Waals surface area contributed by atoms with E-state index in [0.29, 0.717) is 5.56 Å². The van der Waals surface area contributed by atoms with Crippen molar-refractivity contribution < 1.29 is 36.3 Å². The second-order valence-electron chi connectivity index (χ2n) is 8.35. The smallest absolute Gasteiger partial charge is 0.417 e. The summed E-state index contributed by atoms with van der Waals surface area (Å²) in [6.45, 7) is 1.07. The summed E-state index contributed by atoms with van der Waals surface area (Å²) in [7, 11) is 0. The first-order valence-electron chi connectivity index (χ1n) is 11.3. The van der Waals surface area contributed by atoms with E-state index < -0.39 is 40.0 Å². The number of halogens is 5. The SMILES string of the molecule is CC(=O)OCc1cnc(-c2ccc3c(-c4ccccc4F)nn(C(=O)c4c(Cl)cccc4C(F)(F)F)c3c2)o1. The summed E-state index contributed by atoms with van der Waals surface area (Å²) in [6, 6.07) is 13.2. The van der Waals surface area contributed by atoms with Crippen molar-refractivity contribution in [1.29, 1.82) is 0 Å². The van der Waals surface area contributed by atoms with E-state index in [0.717, 1.165) is 22.9 Å². The molecule has 0 aliphatic heterocycles. The highest BCUT2D eigenvalue weighted by Crippen LogP contribution is 2.37. The predicted molar refractivity (Wildman–Crippen MR) is 132 cm³/mol. The normalized spacial score (nSPS) is 11.6. The molecule has 0 bridgehead atoms. The second kappa shape index (κ2) is 9.99. The van der Waals surface area contributed by atoms with Crippen LogP contribution >= 0.6 is 11.6 Å². The van der Waals surface area contributed by atoms with Crippen molar-refractivity contribution in [1.82, 2.24) is 14.8 Å². The standard InChI is InChI=1S/C27H16ClF4N3O4/c1-14(36)38-13-16-12-33-25(39-16)15-9-10-18-22(11-15)35(34-24(18)17-5-2-3-8-21(17)29)26(37)23-19(27(30,31)32)6-4-7-20(23)28/h2-12H,13H2,1H3. The maximum absolute atomic E-state index is 14.7. The fraction of sp³-hybridized carbons (Fsp3) is 0.111. The lowest BCUT2D eigenvalue weighted by molar-refractivity contribution is -0.142. The number of aromatic nitrogens is 3. The first kappa shape index (κ1) is 26.1. The van der Waals surface area contributed by atoms with Gasteiger partial charge >= 0.3 is 12.1 Å². The van der Waals surface area contributed by atoms with Crippen molar-refractivity contribution in [2.45, 2.75) is 19.7 Å². The van der Waals surface area contributed by atoms with E-state index in [4.69, 9.17) is 20.8 Å². The Hall–Kier alpha value is -4.51. The highest BCUT2D eigenvalue weighted by Gasteiger charge is 2.37. The molecule has 5 rings (SSSR count). The Bertz CT molecular complexity index is 1740. The zero-order valence-corrected chi connectivity index (χ0v) is 20.7. The van der Waals surface area contributed by atoms with E-state index in [-0.39, 0.29) is 40.4 Å². The van der Waals surface area contributed by atoms with Gasteiger partial charge in [-0.05, 0) is 42.5 Å². The number of rotatable bonds is 5. The van der Waals surface area contributed by atoms with Crippen LogP contribution in [0.5, 0.6) is 0 Å². The van der Waals surface area contributed by atoms with Gasteiger partial charge in [0.25, 0.3) is 5.91 Å². The number of oxazole rings is 1. The molecule has 0 atom stereocenters. The zero-order valence-electron chi connectivity index (χ0n) is 19.9. The van der Waals surface area contributed by atoms with Crippen LogP contribution < -0.4 is 0 Å². The Morgan fingerprint density at radius 3 is 2.56 bits per heavy atom. The average Bonchev–Trinajstić information content (AvgIpc) is 3.51. The van der Waals surface area contributed by atoms with Gasteiger partial charge in [0.2, 0.25) is 5.89 Å². The average molecular weight is 558 g/mol. The number of hydrogen-bond donors (Lipinski definition) is 0. The molecule has 7 nitrogen and oxygen atoms in total. The molecule has 2 heterocycles. The topological polar surface area (TPSA) is 87.2 Å². The first-order valence-corrected chi connectivity index (χ1v) is 11.7. The lowest BCUT2D eigenvalue weighted by Crippen LogP contribution is -2.20. The van der Waals surface area contributed by atoms with Crippen LogP contribution in [0.3, 0.4) is 0 Å². The number of benzene rings is 3. The molecule has 5 aromatic rings. The summed E-state index contributed by atoms with van der Waals surface area (Å²) in [6.07, 6.45) is -3.54. The number of nitrogens with zero attached hydrogens (tertiary/aromatic N) is 3. The third kappa shape index (κ3) is 5.00. The van der Waals surface area contributed by atoms with Gasteiger partial charge in [0.05, 0.1) is 27.9 Å². The third-order valence-corrected chi connectivity index (χ3v) is 6.07. The van der Waals surface area contributed by atoms with Crippen LogP contribution in [0, 0.1) is 5.82 Å². The monoisotopic (exact) mass is 557 g/mol. The summed E-state index contributed by atoms with van der Waals surface area (Å²) in [5.74, 6) is -2.00. The molecule has 0 spiro atoms. The van der Waals surface area contributed by atoms with Gasteiger partial charge < -0.3 is 9.15 Å². The van der Waals surface area contributed by atoms with Crippen molar-refractivity contribution in [3.63, 3.8) is 0 Å². The Morgan fingerprint density at radius 2 is 1.85 bits per heavy atom. The van der Waals surface area contributed by atoms with Crippen molar-refractivity contribution in [3.05, 3.63) is 94.6 Å². The number of carbonyl (C=O) groups excluding carboxylic acids is 2. The van der Waals surface area contributed by atoms with Crippen LogP contribution in [0.1, 0.15) is 28.6 Å². The minimum absolute atomic E-state index is 0.0339. The summed E-state index contributed by atoms with van der Waals surface area (Å²) in [5.41, 5.74) is -1.58. The van der Waals surface area contributed by atoms with Gasteiger partial charge in [-0.25, -0.2) is 9.37 Å². The number of hydrogen-bond acceptors (Lipinski definition) is 6. The van der Waals surface area contributed by atoms with E-state index in [1.807, 2.05) is 0 Å². The Labute approximate surface area is 222 Å². The summed E-state index contributed by atoms with van der Waals surface area (Å²) < 4.78 is 67.4. The highest BCUT2D eigenvalue weighted by molar-refractivity contribution is 6.34. The van der Waals surface area contributed by atoms with Crippen molar-refractivity contribution in [2.24, 2.45) is 0 Å². The fourth-order valence-corrected chi connectivity index (χ4v) is 4.27. The van der Waals surface area contributed by atoms with Gasteiger partial charge in [-0.1, -0.05) is 29.8 Å². The number of alkyl halides is 3. The number of esters is 1. The van der Waals surface area contributed by atoms with Crippen LogP contribution in [-0.2, 0) is 22.3 Å². The van der Waals surface area contributed by atoms with Crippen LogP contribution in [0.2, 0.25) is 5.02 Å². The molecule has 0 saturated carbocycles. The van der Waals surface area contributed by atoms with Gasteiger partial charge in [0, 0.05) is 23.4 Å². The van der Waals surface area contributed by atoms with Gasteiger partial charge in [-0.2, -0.15) is 23.0 Å². The van der Waals surface area contributed by atoms with E-state index in [9.17, 15) is 27.2 Å². The zero-order chi connectivity index (χ0) is 27.9. The fourth-order valence-electron chi connectivity index (χ4n) is 4.02. The third-order valence-electron chi connectivity index (χ3n) is 5.75. The maximum atomic E-state index is 14.7. The molecule has 0 fully saturated rings. The Kier molecular flexibility index (Phi) is 6.69. The van der Waals surface area contributed by atoms with E-state index >= 15 is 0 Å². The van der Waals surface area contributed by atoms with Crippen LogP contribution in [0.15, 0.2) is 71.3 Å². The summed E-state index contributed by atoms with van der Waals surface area (Å²) in [4.78, 5) is 28.8. The largest absolute Gasteiger partial charge is 0.458 e. The van der Waals surface area contributed by atoms with Crippen LogP contribution in [0.4, 0.5) is 17.6 Å². The van der Waals surface area contributed by atoms with Gasteiger partial charge in [0.1, 0.15) is 11.5 Å². The number of ether oxygens (including phenoxy) is 1. The molecule has 39 heavy (non-hydrogen) atoms. The molecular weight excluding hydrogens is 542 g/mol. The summed E-state index contributed by atoms with van der Waals surface area (Å²) >= 11 is 6.08. The Balaban J connectivity index is 1.71. The molecule has 3 aromatic carbocycles. The van der Waals surface area contributed by atoms with E-state index in [2.05, 4.69) is 10.1 Å². The van der Waals surface area contributed by atoms with Crippen molar-refractivity contribution in [2.75, 3.05) is 0 Å². The molecular formula is C27H16ClF4N3O4. The van der Waals surface area contributed by atoms with Gasteiger partial charge in [0.15, 0.2) is 12.4 Å². The molecule has 0 saturated heterocycles. The van der Waals surface area contributed by atoms with Gasteiger partial charge in [-0.3, -0.25) is 9.59 Å². The molecule has 0 aliphatic rings. The molecule has 2 aromatic heterocycles. The molecule has 0 aliphatic carbocycles. The maximum Gasteiger partial charge on any atom is 0.417 e. The van der Waals surface area contributed by atoms with Crippen LogP contribution in [0.25, 0.3) is 33.6 Å². The van der Waals surface area contributed by atoms with Gasteiger partial charge in [-0.15, -0.1) is 0 Å². The van der Waals surface area contributed by atoms with Crippen molar-refractivity contribution in [3.8, 4) is 22.7 Å². The Morgan fingerprint density at radius 1 is 1.08 bits per heavy atom. The quantitative estimate of drug-likeness (QED) is 0.172. The minimum atomic E-state index is -4.88. The number of carbonyl (C=O) groups is 2. The molecule has 0 amide bonds. The molecule has 0 unspecified atom stereocenters. The highest BCUT2D eigenvalue weighted by atomic mass is 35.5. The van der Waals surface area contributed by atoms with E-state index in [1.165, 1.54) is 43.5 Å². The lowest BCUT2D eigenvalue weighted by atomic mass is 10.0. The lowest BCUT2D eigenvalue weighted by Gasteiger charge is -2.13. The number of fused-ring (bicyclic) bond motifs is 1. The molecule has 0 N–H and O–H groups in total. The van der Waals surface area contributed by atoms with E-state index in [1.54, 1.807) is 12.1 Å². The predicted octanol–water partition coefficient (Wildman–Crippen LogP) is 6.92.